The molecule has 1 saturated heterocycles. The van der Waals surface area contributed by atoms with Crippen LogP contribution in [0, 0.1) is 0 Å². The van der Waals surface area contributed by atoms with E-state index in [4.69, 9.17) is 4.42 Å². The fourth-order valence-electron chi connectivity index (χ4n) is 6.96. The lowest BCUT2D eigenvalue weighted by molar-refractivity contribution is -0.134. The van der Waals surface area contributed by atoms with E-state index >= 15 is 0 Å². The molecule has 7 rings (SSSR count). The molecule has 0 spiro atoms. The van der Waals surface area contributed by atoms with E-state index in [1.54, 1.807) is 0 Å². The van der Waals surface area contributed by atoms with Gasteiger partial charge in [0.25, 0.3) is 0 Å². The molecule has 0 bridgehead atoms. The number of hydrogen-bond acceptors (Lipinski definition) is 4. The van der Waals surface area contributed by atoms with Crippen molar-refractivity contribution in [2.24, 2.45) is 0 Å². The molecule has 38 heavy (non-hydrogen) atoms. The smallest absolute Gasteiger partial charge is 0.236 e. The van der Waals surface area contributed by atoms with Crippen molar-refractivity contribution in [1.82, 2.24) is 14.7 Å². The molecule has 4 aromatic rings. The molecule has 3 aromatic carbocycles. The number of nitrogens with zero attached hydrogens (tertiary/aromatic N) is 3. The molecule has 1 aliphatic carbocycles. The minimum Gasteiger partial charge on any atom is -0.455 e. The number of piperazine rings is 1. The summed E-state index contributed by atoms with van der Waals surface area (Å²) in [5, 5.41) is 2.33. The Hall–Kier alpha value is -3.15. The highest BCUT2D eigenvalue weighted by molar-refractivity contribution is 6.09. The lowest BCUT2D eigenvalue weighted by Gasteiger charge is -2.41. The summed E-state index contributed by atoms with van der Waals surface area (Å²) in [6.07, 6.45) is 7.80. The van der Waals surface area contributed by atoms with Gasteiger partial charge in [0.1, 0.15) is 11.2 Å². The predicted octanol–water partition coefficient (Wildman–Crippen LogP) is 6.09. The second-order valence-corrected chi connectivity index (χ2v) is 11.4. The molecule has 2 fully saturated rings. The second kappa shape index (κ2) is 10.2. The van der Waals surface area contributed by atoms with Gasteiger partial charge in [0, 0.05) is 61.6 Å². The summed E-state index contributed by atoms with van der Waals surface area (Å²) in [5.41, 5.74) is 6.97. The number of para-hydroxylation sites is 2. The summed E-state index contributed by atoms with van der Waals surface area (Å²) in [6, 6.07) is 22.3. The Labute approximate surface area is 225 Å². The van der Waals surface area contributed by atoms with Gasteiger partial charge in [-0.05, 0) is 42.0 Å². The zero-order chi connectivity index (χ0) is 25.5. The van der Waals surface area contributed by atoms with Crippen molar-refractivity contribution in [1.29, 1.82) is 0 Å². The molecule has 1 aromatic heterocycles. The second-order valence-electron chi connectivity index (χ2n) is 11.4. The van der Waals surface area contributed by atoms with Crippen LogP contribution in [0.3, 0.4) is 0 Å². The summed E-state index contributed by atoms with van der Waals surface area (Å²) in [4.78, 5) is 20.2. The molecule has 0 unspecified atom stereocenters. The van der Waals surface area contributed by atoms with E-state index in [1.807, 2.05) is 12.1 Å². The van der Waals surface area contributed by atoms with Gasteiger partial charge in [0.15, 0.2) is 0 Å². The van der Waals surface area contributed by atoms with E-state index in [0.717, 1.165) is 73.8 Å². The van der Waals surface area contributed by atoms with Crippen LogP contribution >= 0.6 is 0 Å². The summed E-state index contributed by atoms with van der Waals surface area (Å²) < 4.78 is 6.29. The number of furan rings is 1. The number of fused-ring (bicyclic) bond motifs is 4. The minimum atomic E-state index is 0.296. The van der Waals surface area contributed by atoms with Gasteiger partial charge in [-0.3, -0.25) is 14.6 Å². The molecule has 2 aliphatic heterocycles. The van der Waals surface area contributed by atoms with E-state index in [0.29, 0.717) is 12.5 Å². The number of benzene rings is 3. The van der Waals surface area contributed by atoms with Crippen molar-refractivity contribution in [2.45, 2.75) is 51.1 Å². The molecule has 1 saturated carbocycles. The predicted molar refractivity (Wildman–Crippen MR) is 153 cm³/mol. The topological polar surface area (TPSA) is 39.9 Å². The fraction of sp³-hybridized carbons (Fsp3) is 0.424. The van der Waals surface area contributed by atoms with Crippen LogP contribution in [0.5, 0.6) is 0 Å². The molecular weight excluding hydrogens is 470 g/mol. The van der Waals surface area contributed by atoms with Crippen LogP contribution in [-0.4, -0.2) is 65.9 Å². The van der Waals surface area contributed by atoms with E-state index in [9.17, 15) is 4.79 Å². The molecule has 5 nitrogen and oxygen atoms in total. The third-order valence-corrected chi connectivity index (χ3v) is 9.13. The van der Waals surface area contributed by atoms with Gasteiger partial charge in [0.05, 0.1) is 6.54 Å². The van der Waals surface area contributed by atoms with Crippen LogP contribution < -0.4 is 0 Å². The van der Waals surface area contributed by atoms with E-state index in [2.05, 4.69) is 63.2 Å². The minimum absolute atomic E-state index is 0.296. The number of amides is 1. The first kappa shape index (κ1) is 23.9. The number of rotatable bonds is 4. The molecule has 3 aliphatic rings. The van der Waals surface area contributed by atoms with Crippen molar-refractivity contribution >= 4 is 27.8 Å². The SMILES string of the molecule is O=C(CN1CCc2cc(-c3cccc4c3oc3ccccc34)ccc2C1)N1CCN(C2CCCCC2)CC1. The molecular formula is C33H37N3O2. The molecule has 1 amide bonds. The third kappa shape index (κ3) is 4.52. The lowest BCUT2D eigenvalue weighted by atomic mass is 9.93. The van der Waals surface area contributed by atoms with Crippen molar-refractivity contribution in [2.75, 3.05) is 39.3 Å². The summed E-state index contributed by atoms with van der Waals surface area (Å²) >= 11 is 0. The molecule has 0 radical (unpaired) electrons. The first-order valence-electron chi connectivity index (χ1n) is 14.5. The first-order chi connectivity index (χ1) is 18.7. The number of carbonyl (C=O) groups is 1. The van der Waals surface area contributed by atoms with Gasteiger partial charge in [-0.25, -0.2) is 0 Å². The van der Waals surface area contributed by atoms with Crippen LogP contribution in [0.15, 0.2) is 65.1 Å². The average molecular weight is 508 g/mol. The summed E-state index contributed by atoms with van der Waals surface area (Å²) in [7, 11) is 0. The van der Waals surface area contributed by atoms with Gasteiger partial charge in [-0.1, -0.05) is 73.9 Å². The van der Waals surface area contributed by atoms with Gasteiger partial charge in [0.2, 0.25) is 5.91 Å². The highest BCUT2D eigenvalue weighted by Gasteiger charge is 2.28. The molecule has 3 heterocycles. The third-order valence-electron chi connectivity index (χ3n) is 9.13. The number of hydrogen-bond donors (Lipinski definition) is 0. The van der Waals surface area contributed by atoms with E-state index < -0.39 is 0 Å². The van der Waals surface area contributed by atoms with Crippen LogP contribution in [0.2, 0.25) is 0 Å². The number of carbonyl (C=O) groups excluding carboxylic acids is 1. The monoisotopic (exact) mass is 507 g/mol. The van der Waals surface area contributed by atoms with E-state index in [1.165, 1.54) is 54.2 Å². The van der Waals surface area contributed by atoms with Crippen molar-refractivity contribution in [3.8, 4) is 11.1 Å². The maximum atomic E-state index is 13.2. The first-order valence-corrected chi connectivity index (χ1v) is 14.5. The lowest BCUT2D eigenvalue weighted by Crippen LogP contribution is -2.54. The Kier molecular flexibility index (Phi) is 6.42. The highest BCUT2D eigenvalue weighted by Crippen LogP contribution is 2.36. The van der Waals surface area contributed by atoms with Crippen molar-refractivity contribution in [3.05, 3.63) is 71.8 Å². The fourth-order valence-corrected chi connectivity index (χ4v) is 6.96. The van der Waals surface area contributed by atoms with Crippen LogP contribution in [0.1, 0.15) is 43.2 Å². The maximum Gasteiger partial charge on any atom is 0.236 e. The summed E-state index contributed by atoms with van der Waals surface area (Å²) in [5.74, 6) is 0.296. The van der Waals surface area contributed by atoms with Gasteiger partial charge in [-0.15, -0.1) is 0 Å². The molecule has 5 heteroatoms. The average Bonchev–Trinajstić information content (AvgIpc) is 3.36. The Morgan fingerprint density at radius 2 is 1.63 bits per heavy atom. The maximum absolute atomic E-state index is 13.2. The van der Waals surface area contributed by atoms with Gasteiger partial charge < -0.3 is 9.32 Å². The molecule has 196 valence electrons. The largest absolute Gasteiger partial charge is 0.455 e. The van der Waals surface area contributed by atoms with Crippen LogP contribution in [0.25, 0.3) is 33.1 Å². The Morgan fingerprint density at radius 1 is 0.816 bits per heavy atom. The Bertz CT molecular complexity index is 1460. The standard InChI is InChI=1S/C33H37N3O2/c37-32(36-19-17-35(18-20-36)27-7-2-1-3-8-27)23-34-16-15-24-21-25(13-14-26(24)22-34)28-10-6-11-30-29-9-4-5-12-31(29)38-33(28)30/h4-6,9-14,21,27H,1-3,7-8,15-20,22-23H2. The van der Waals surface area contributed by atoms with Crippen molar-refractivity contribution < 1.29 is 9.21 Å². The zero-order valence-corrected chi connectivity index (χ0v) is 22.2. The molecule has 0 N–H and O–H groups in total. The molecule has 0 atom stereocenters. The van der Waals surface area contributed by atoms with Crippen LogP contribution in [0.4, 0.5) is 0 Å². The normalized spacial score (nSPS) is 19.7. The van der Waals surface area contributed by atoms with Gasteiger partial charge >= 0.3 is 0 Å². The Morgan fingerprint density at radius 3 is 2.50 bits per heavy atom. The zero-order valence-electron chi connectivity index (χ0n) is 22.2. The Balaban J connectivity index is 1.01. The van der Waals surface area contributed by atoms with E-state index in [-0.39, 0.29) is 0 Å². The van der Waals surface area contributed by atoms with Crippen LogP contribution in [-0.2, 0) is 17.8 Å². The summed E-state index contributed by atoms with van der Waals surface area (Å²) in [6.45, 7) is 6.16. The van der Waals surface area contributed by atoms with Gasteiger partial charge in [-0.2, -0.15) is 0 Å². The highest BCUT2D eigenvalue weighted by atomic mass is 16.3. The quantitative estimate of drug-likeness (QED) is 0.335. The van der Waals surface area contributed by atoms with Crippen molar-refractivity contribution in [3.63, 3.8) is 0 Å².